The summed E-state index contributed by atoms with van der Waals surface area (Å²) in [7, 11) is 0. The molecule has 0 aromatic heterocycles. The van der Waals surface area contributed by atoms with Crippen LogP contribution in [0.3, 0.4) is 0 Å². The highest BCUT2D eigenvalue weighted by molar-refractivity contribution is 5.65. The van der Waals surface area contributed by atoms with Crippen molar-refractivity contribution in [2.45, 2.75) is 12.9 Å². The summed E-state index contributed by atoms with van der Waals surface area (Å²) in [5.74, 6) is -0.771. The number of alkyl halides is 3. The molecule has 6 heteroatoms. The number of nitrogens with two attached hydrogens (primary N) is 1. The Hall–Kier alpha value is -2.08. The lowest BCUT2D eigenvalue weighted by atomic mass is 10.0. The number of hydrogen-bond donors (Lipinski definition) is 1. The Labute approximate surface area is 112 Å². The third kappa shape index (κ3) is 3.48. The summed E-state index contributed by atoms with van der Waals surface area (Å²) in [6.45, 7) is -0.116. The van der Waals surface area contributed by atoms with Crippen LogP contribution in [-0.4, -0.2) is 6.36 Å². The maximum absolute atomic E-state index is 13.1. The molecule has 0 atom stereocenters. The van der Waals surface area contributed by atoms with Crippen LogP contribution in [0.5, 0.6) is 5.75 Å². The molecule has 0 spiro atoms. The first-order valence-electron chi connectivity index (χ1n) is 5.74. The van der Waals surface area contributed by atoms with Gasteiger partial charge in [0.1, 0.15) is 11.6 Å². The second-order valence-corrected chi connectivity index (χ2v) is 4.08. The minimum absolute atomic E-state index is 0.116. The Morgan fingerprint density at radius 2 is 1.70 bits per heavy atom. The van der Waals surface area contributed by atoms with Gasteiger partial charge >= 0.3 is 6.36 Å². The molecule has 0 saturated heterocycles. The van der Waals surface area contributed by atoms with Crippen LogP contribution in [0.1, 0.15) is 5.56 Å². The average molecular weight is 285 g/mol. The Balaban J connectivity index is 2.39. The molecule has 0 heterocycles. The van der Waals surface area contributed by atoms with Crippen molar-refractivity contribution in [2.24, 2.45) is 5.73 Å². The van der Waals surface area contributed by atoms with Crippen LogP contribution in [0.25, 0.3) is 11.1 Å². The molecule has 0 aliphatic carbocycles. The number of rotatable bonds is 3. The number of halogens is 4. The normalized spacial score (nSPS) is 11.4. The van der Waals surface area contributed by atoms with E-state index in [0.717, 1.165) is 0 Å². The highest BCUT2D eigenvalue weighted by Crippen LogP contribution is 2.30. The molecule has 2 rings (SSSR count). The van der Waals surface area contributed by atoms with Crippen LogP contribution >= 0.6 is 0 Å². The summed E-state index contributed by atoms with van der Waals surface area (Å²) >= 11 is 0. The fraction of sp³-hybridized carbons (Fsp3) is 0.143. The average Bonchev–Trinajstić information content (AvgIpc) is 2.37. The highest BCUT2D eigenvalue weighted by Gasteiger charge is 2.32. The molecule has 106 valence electrons. The third-order valence-electron chi connectivity index (χ3n) is 2.66. The van der Waals surface area contributed by atoms with Crippen LogP contribution in [0.15, 0.2) is 42.5 Å². The lowest BCUT2D eigenvalue weighted by Gasteiger charge is -2.13. The second-order valence-electron chi connectivity index (χ2n) is 4.08. The summed E-state index contributed by atoms with van der Waals surface area (Å²) in [5.41, 5.74) is 6.75. The molecule has 0 amide bonds. The summed E-state index contributed by atoms with van der Waals surface area (Å²) < 4.78 is 53.7. The third-order valence-corrected chi connectivity index (χ3v) is 2.66. The molecule has 2 aromatic carbocycles. The van der Waals surface area contributed by atoms with E-state index in [9.17, 15) is 17.6 Å². The lowest BCUT2D eigenvalue weighted by molar-refractivity contribution is -0.274. The topological polar surface area (TPSA) is 35.2 Å². The van der Waals surface area contributed by atoms with E-state index < -0.39 is 12.2 Å². The monoisotopic (exact) mass is 285 g/mol. The van der Waals surface area contributed by atoms with Gasteiger partial charge in [0.15, 0.2) is 0 Å². The maximum atomic E-state index is 13.1. The van der Waals surface area contributed by atoms with Crippen LogP contribution in [-0.2, 0) is 6.54 Å². The van der Waals surface area contributed by atoms with Gasteiger partial charge in [0, 0.05) is 12.1 Å². The maximum Gasteiger partial charge on any atom is 0.573 e. The molecule has 0 aliphatic rings. The molecule has 2 nitrogen and oxygen atoms in total. The van der Waals surface area contributed by atoms with E-state index >= 15 is 0 Å². The van der Waals surface area contributed by atoms with Crippen molar-refractivity contribution in [1.29, 1.82) is 0 Å². The van der Waals surface area contributed by atoms with Gasteiger partial charge < -0.3 is 10.5 Å². The Bertz CT molecular complexity index is 610. The van der Waals surface area contributed by atoms with Crippen LogP contribution < -0.4 is 10.5 Å². The summed E-state index contributed by atoms with van der Waals surface area (Å²) in [4.78, 5) is 0. The summed E-state index contributed by atoms with van der Waals surface area (Å²) in [6, 6.07) is 9.81. The molecule has 0 fully saturated rings. The van der Waals surface area contributed by atoms with Crippen molar-refractivity contribution in [1.82, 2.24) is 0 Å². The molecule has 0 radical (unpaired) electrons. The summed E-state index contributed by atoms with van der Waals surface area (Å²) in [6.07, 6.45) is -4.77. The molecule has 0 bridgehead atoms. The quantitative estimate of drug-likeness (QED) is 0.869. The van der Waals surface area contributed by atoms with Crippen molar-refractivity contribution in [3.63, 3.8) is 0 Å². The van der Waals surface area contributed by atoms with E-state index in [0.29, 0.717) is 11.1 Å². The van der Waals surface area contributed by atoms with Gasteiger partial charge in [-0.25, -0.2) is 4.39 Å². The predicted molar refractivity (Wildman–Crippen MR) is 66.4 cm³/mol. The number of hydrogen-bond acceptors (Lipinski definition) is 2. The van der Waals surface area contributed by atoms with Gasteiger partial charge in [-0.2, -0.15) is 0 Å². The van der Waals surface area contributed by atoms with E-state index in [-0.39, 0.29) is 17.9 Å². The van der Waals surface area contributed by atoms with E-state index in [1.807, 2.05) is 0 Å². The molecular formula is C14H11F4NO. The standard InChI is InChI=1S/C14H11F4NO/c15-12-3-1-2-9(7-12)10-4-5-13(11(6-10)8-19)20-14(16,17)18/h1-7H,8,19H2. The van der Waals surface area contributed by atoms with Crippen LogP contribution in [0.2, 0.25) is 0 Å². The largest absolute Gasteiger partial charge is 0.573 e. The fourth-order valence-electron chi connectivity index (χ4n) is 1.81. The zero-order chi connectivity index (χ0) is 14.8. The fourth-order valence-corrected chi connectivity index (χ4v) is 1.81. The van der Waals surface area contributed by atoms with Gasteiger partial charge in [-0.1, -0.05) is 18.2 Å². The molecule has 0 aliphatic heterocycles. The smallest absolute Gasteiger partial charge is 0.405 e. The van der Waals surface area contributed by atoms with Crippen LogP contribution in [0, 0.1) is 5.82 Å². The Morgan fingerprint density at radius 3 is 2.30 bits per heavy atom. The molecule has 2 N–H and O–H groups in total. The van der Waals surface area contributed by atoms with Gasteiger partial charge in [-0.05, 0) is 35.4 Å². The van der Waals surface area contributed by atoms with Crippen molar-refractivity contribution in [3.05, 3.63) is 53.8 Å². The summed E-state index contributed by atoms with van der Waals surface area (Å²) in [5, 5.41) is 0. The lowest BCUT2D eigenvalue weighted by Crippen LogP contribution is -2.18. The van der Waals surface area contributed by atoms with Crippen LogP contribution in [0.4, 0.5) is 17.6 Å². The molecule has 0 unspecified atom stereocenters. The first-order valence-corrected chi connectivity index (χ1v) is 5.74. The zero-order valence-electron chi connectivity index (χ0n) is 10.2. The number of ether oxygens (including phenoxy) is 1. The molecule has 2 aromatic rings. The minimum Gasteiger partial charge on any atom is -0.405 e. The van der Waals surface area contributed by atoms with Gasteiger partial charge in [0.2, 0.25) is 0 Å². The van der Waals surface area contributed by atoms with E-state index in [1.54, 1.807) is 6.07 Å². The first-order chi connectivity index (χ1) is 9.39. The Morgan fingerprint density at radius 1 is 1.00 bits per heavy atom. The second kappa shape index (κ2) is 5.50. The van der Waals surface area contributed by atoms with E-state index in [4.69, 9.17) is 5.73 Å². The zero-order valence-corrected chi connectivity index (χ0v) is 10.2. The van der Waals surface area contributed by atoms with Gasteiger partial charge in [-0.3, -0.25) is 0 Å². The van der Waals surface area contributed by atoms with Gasteiger partial charge in [0.25, 0.3) is 0 Å². The highest BCUT2D eigenvalue weighted by atomic mass is 19.4. The van der Waals surface area contributed by atoms with Crippen molar-refractivity contribution in [2.75, 3.05) is 0 Å². The van der Waals surface area contributed by atoms with Crippen molar-refractivity contribution < 1.29 is 22.3 Å². The van der Waals surface area contributed by atoms with Gasteiger partial charge in [0.05, 0.1) is 0 Å². The van der Waals surface area contributed by atoms with Crippen molar-refractivity contribution in [3.8, 4) is 16.9 Å². The number of benzene rings is 2. The van der Waals surface area contributed by atoms with Gasteiger partial charge in [-0.15, -0.1) is 13.2 Å². The van der Waals surface area contributed by atoms with E-state index in [2.05, 4.69) is 4.74 Å². The SMILES string of the molecule is NCc1cc(-c2cccc(F)c2)ccc1OC(F)(F)F. The first kappa shape index (κ1) is 14.3. The van der Waals surface area contributed by atoms with E-state index in [1.165, 1.54) is 36.4 Å². The predicted octanol–water partition coefficient (Wildman–Crippen LogP) is 3.85. The molecular weight excluding hydrogens is 274 g/mol. The molecule has 0 saturated carbocycles. The molecule has 20 heavy (non-hydrogen) atoms. The van der Waals surface area contributed by atoms with Crippen molar-refractivity contribution >= 4 is 0 Å². The Kier molecular flexibility index (Phi) is 3.94. The minimum atomic E-state index is -4.77.